The van der Waals surface area contributed by atoms with E-state index in [2.05, 4.69) is 25.5 Å². The van der Waals surface area contributed by atoms with Crippen molar-refractivity contribution in [3.8, 4) is 22.9 Å². The molecule has 172 valence electrons. The van der Waals surface area contributed by atoms with E-state index in [0.29, 0.717) is 17.0 Å². The highest BCUT2D eigenvalue weighted by atomic mass is 19.1. The third-order valence-corrected chi connectivity index (χ3v) is 5.70. The van der Waals surface area contributed by atoms with Gasteiger partial charge in [0, 0.05) is 11.6 Å². The number of nitrogens with two attached hydrogens (primary N) is 2. The number of rotatable bonds is 5. The van der Waals surface area contributed by atoms with E-state index in [1.165, 1.54) is 23.9 Å². The number of nitrogens with zero attached hydrogens (tertiary/aromatic N) is 5. The number of hydrazine groups is 1. The monoisotopic (exact) mass is 463 g/mol. The molecule has 2 amide bonds. The van der Waals surface area contributed by atoms with Crippen LogP contribution in [0.25, 0.3) is 22.9 Å². The summed E-state index contributed by atoms with van der Waals surface area (Å²) in [5, 5.41) is 11.0. The van der Waals surface area contributed by atoms with E-state index >= 15 is 0 Å². The molecule has 0 saturated carbocycles. The number of anilines is 2. The molecule has 0 fully saturated rings. The zero-order valence-corrected chi connectivity index (χ0v) is 17.7. The number of hydrogen-bond donors (Lipinski definition) is 4. The lowest BCUT2D eigenvalue weighted by Crippen LogP contribution is -2.49. The fourth-order valence-corrected chi connectivity index (χ4v) is 3.87. The molecule has 13 heteroatoms. The molecular formula is C21H18FN9O3. The first kappa shape index (κ1) is 21.2. The molecule has 0 aliphatic carbocycles. The molecule has 0 spiro atoms. The number of hydrogen-bond acceptors (Lipinski definition) is 9. The van der Waals surface area contributed by atoms with Crippen molar-refractivity contribution >= 4 is 23.5 Å². The van der Waals surface area contributed by atoms with Crippen LogP contribution in [0.4, 0.5) is 16.0 Å². The Balaban J connectivity index is 1.61. The number of amides is 2. The van der Waals surface area contributed by atoms with Crippen LogP contribution < -0.4 is 22.3 Å². The Morgan fingerprint density at radius 2 is 2.06 bits per heavy atom. The van der Waals surface area contributed by atoms with Gasteiger partial charge in [0.25, 0.3) is 5.91 Å². The lowest BCUT2D eigenvalue weighted by Gasteiger charge is -2.20. The number of carbonyl (C=O) groups excluding carboxylic acids is 2. The highest BCUT2D eigenvalue weighted by Gasteiger charge is 2.52. The Bertz CT molecular complexity index is 1430. The largest absolute Gasteiger partial charge is 0.383 e. The second kappa shape index (κ2) is 7.74. The maximum Gasteiger partial charge on any atom is 0.254 e. The Labute approximate surface area is 191 Å². The number of nitrogen functional groups attached to an aromatic ring is 1. The molecule has 1 aliphatic rings. The SMILES string of the molecule is CC1(C(=O)NN)C(=O)Nc2nc(-c3cc(-c4ccon4)n(Cc4ccccc4F)n3)nc(N)c21. The Morgan fingerprint density at radius 3 is 2.76 bits per heavy atom. The van der Waals surface area contributed by atoms with Crippen LogP contribution in [0.2, 0.25) is 0 Å². The minimum absolute atomic E-state index is 0.0743. The molecule has 4 heterocycles. The summed E-state index contributed by atoms with van der Waals surface area (Å²) in [6.45, 7) is 1.47. The molecule has 4 aromatic rings. The summed E-state index contributed by atoms with van der Waals surface area (Å²) in [5.41, 5.74) is 8.23. The van der Waals surface area contributed by atoms with Gasteiger partial charge in [0.1, 0.15) is 35.1 Å². The summed E-state index contributed by atoms with van der Waals surface area (Å²) in [5.74, 6) is 3.55. The third kappa shape index (κ3) is 3.17. The summed E-state index contributed by atoms with van der Waals surface area (Å²) in [6, 6.07) is 9.60. The van der Waals surface area contributed by atoms with Gasteiger partial charge in [-0.15, -0.1) is 0 Å². The van der Waals surface area contributed by atoms with Gasteiger partial charge in [0.05, 0.1) is 17.8 Å². The van der Waals surface area contributed by atoms with Crippen molar-refractivity contribution in [3.63, 3.8) is 0 Å². The Morgan fingerprint density at radius 1 is 1.26 bits per heavy atom. The molecule has 34 heavy (non-hydrogen) atoms. The number of halogens is 1. The number of benzene rings is 1. The highest BCUT2D eigenvalue weighted by Crippen LogP contribution is 2.41. The van der Waals surface area contributed by atoms with E-state index < -0.39 is 17.2 Å². The van der Waals surface area contributed by atoms with Crippen molar-refractivity contribution < 1.29 is 18.5 Å². The zero-order valence-electron chi connectivity index (χ0n) is 17.7. The molecule has 1 aromatic carbocycles. The quantitative estimate of drug-likeness (QED) is 0.145. The van der Waals surface area contributed by atoms with Crippen molar-refractivity contribution in [3.05, 3.63) is 59.6 Å². The summed E-state index contributed by atoms with van der Waals surface area (Å²) in [7, 11) is 0. The van der Waals surface area contributed by atoms with Crippen LogP contribution in [0.5, 0.6) is 0 Å². The van der Waals surface area contributed by atoms with Gasteiger partial charge in [-0.05, 0) is 19.1 Å². The Hall–Kier alpha value is -4.65. The minimum Gasteiger partial charge on any atom is -0.383 e. The number of aromatic nitrogens is 5. The lowest BCUT2D eigenvalue weighted by molar-refractivity contribution is -0.133. The summed E-state index contributed by atoms with van der Waals surface area (Å²) < 4.78 is 20.8. The normalized spacial score (nSPS) is 16.9. The molecule has 0 saturated heterocycles. The first-order chi connectivity index (χ1) is 16.3. The topological polar surface area (TPSA) is 180 Å². The number of nitrogens with one attached hydrogen (secondary N) is 2. The summed E-state index contributed by atoms with van der Waals surface area (Å²) >= 11 is 0. The fourth-order valence-electron chi connectivity index (χ4n) is 3.87. The second-order valence-electron chi connectivity index (χ2n) is 7.76. The van der Waals surface area contributed by atoms with Crippen LogP contribution >= 0.6 is 0 Å². The highest BCUT2D eigenvalue weighted by molar-refractivity contribution is 6.20. The molecule has 1 atom stereocenters. The lowest BCUT2D eigenvalue weighted by atomic mass is 9.83. The Kier molecular flexibility index (Phi) is 4.83. The van der Waals surface area contributed by atoms with E-state index in [1.54, 1.807) is 30.3 Å². The van der Waals surface area contributed by atoms with Crippen molar-refractivity contribution in [2.45, 2.75) is 18.9 Å². The van der Waals surface area contributed by atoms with Gasteiger partial charge >= 0.3 is 0 Å². The van der Waals surface area contributed by atoms with Gasteiger partial charge in [0.2, 0.25) is 5.91 Å². The van der Waals surface area contributed by atoms with Crippen molar-refractivity contribution in [1.29, 1.82) is 0 Å². The average molecular weight is 463 g/mol. The van der Waals surface area contributed by atoms with Gasteiger partial charge in [-0.25, -0.2) is 20.2 Å². The van der Waals surface area contributed by atoms with E-state index in [9.17, 15) is 14.0 Å². The molecule has 3 aromatic heterocycles. The van der Waals surface area contributed by atoms with E-state index in [1.807, 2.05) is 5.43 Å². The molecule has 1 unspecified atom stereocenters. The van der Waals surface area contributed by atoms with Crippen molar-refractivity contribution in [2.75, 3.05) is 11.1 Å². The molecule has 0 radical (unpaired) electrons. The van der Waals surface area contributed by atoms with Gasteiger partial charge in [-0.3, -0.25) is 19.7 Å². The van der Waals surface area contributed by atoms with Crippen LogP contribution in [0.3, 0.4) is 0 Å². The van der Waals surface area contributed by atoms with Gasteiger partial charge in [-0.1, -0.05) is 23.4 Å². The molecule has 0 bridgehead atoms. The van der Waals surface area contributed by atoms with Crippen molar-refractivity contribution in [2.24, 2.45) is 5.84 Å². The van der Waals surface area contributed by atoms with Crippen LogP contribution in [0.15, 0.2) is 47.2 Å². The second-order valence-corrected chi connectivity index (χ2v) is 7.76. The average Bonchev–Trinajstić information content (AvgIpc) is 3.54. The molecule has 1 aliphatic heterocycles. The fraction of sp³-hybridized carbons (Fsp3) is 0.143. The maximum absolute atomic E-state index is 14.3. The zero-order chi connectivity index (χ0) is 24.0. The number of carbonyl (C=O) groups is 2. The van der Waals surface area contributed by atoms with Gasteiger partial charge in [-0.2, -0.15) is 5.10 Å². The first-order valence-corrected chi connectivity index (χ1v) is 10.1. The van der Waals surface area contributed by atoms with Crippen LogP contribution in [-0.2, 0) is 21.5 Å². The van der Waals surface area contributed by atoms with E-state index in [4.69, 9.17) is 16.1 Å². The van der Waals surface area contributed by atoms with E-state index in [-0.39, 0.29) is 41.1 Å². The molecule has 6 N–H and O–H groups in total. The van der Waals surface area contributed by atoms with Gasteiger partial charge < -0.3 is 15.6 Å². The maximum atomic E-state index is 14.3. The summed E-state index contributed by atoms with van der Waals surface area (Å²) in [6.07, 6.45) is 1.40. The minimum atomic E-state index is -1.69. The van der Waals surface area contributed by atoms with Crippen LogP contribution in [-0.4, -0.2) is 36.7 Å². The summed E-state index contributed by atoms with van der Waals surface area (Å²) in [4.78, 5) is 33.6. The first-order valence-electron chi connectivity index (χ1n) is 10.1. The van der Waals surface area contributed by atoms with Gasteiger partial charge in [0.15, 0.2) is 11.2 Å². The van der Waals surface area contributed by atoms with Crippen LogP contribution in [0, 0.1) is 5.82 Å². The predicted molar refractivity (Wildman–Crippen MR) is 117 cm³/mol. The molecular weight excluding hydrogens is 445 g/mol. The molecule has 5 rings (SSSR count). The standard InChI is InChI=1S/C21H18FN9O3/c1-21(20(33)28-24)15-16(23)25-17(26-18(15)27-19(21)32)13-8-14(12-6-7-34-30-12)31(29-13)9-10-4-2-3-5-11(10)22/h2-8H,9,24H2,1H3,(H,28,33)(H3,23,25,26,27,32). The van der Waals surface area contributed by atoms with E-state index in [0.717, 1.165) is 0 Å². The predicted octanol–water partition coefficient (Wildman–Crippen LogP) is 0.964. The smallest absolute Gasteiger partial charge is 0.254 e. The van der Waals surface area contributed by atoms with Crippen molar-refractivity contribution in [1.82, 2.24) is 30.3 Å². The number of fused-ring (bicyclic) bond motifs is 1. The van der Waals surface area contributed by atoms with Crippen LogP contribution in [0.1, 0.15) is 18.1 Å². The molecule has 12 nitrogen and oxygen atoms in total. The third-order valence-electron chi connectivity index (χ3n) is 5.70.